The maximum Gasteiger partial charge on any atom is 0.230 e. The summed E-state index contributed by atoms with van der Waals surface area (Å²) in [7, 11) is 1.69. The van der Waals surface area contributed by atoms with E-state index in [-0.39, 0.29) is 5.41 Å². The average Bonchev–Trinajstić information content (AvgIpc) is 3.09. The highest BCUT2D eigenvalue weighted by atomic mass is 32.1. The fraction of sp³-hybridized carbons (Fsp3) is 0.688. The van der Waals surface area contributed by atoms with E-state index in [9.17, 15) is 4.79 Å². The molecule has 1 aromatic heterocycles. The number of thiophene rings is 1. The molecule has 0 bridgehead atoms. The second-order valence-electron chi connectivity index (χ2n) is 6.26. The highest BCUT2D eigenvalue weighted by Crippen LogP contribution is 2.40. The van der Waals surface area contributed by atoms with Crippen LogP contribution in [-0.2, 0) is 16.1 Å². The largest absolute Gasteiger partial charge is 0.383 e. The molecule has 21 heavy (non-hydrogen) atoms. The molecule has 0 N–H and O–H groups in total. The molecule has 2 aliphatic rings. The van der Waals surface area contributed by atoms with E-state index < -0.39 is 0 Å². The topological polar surface area (TPSA) is 32.8 Å². The minimum absolute atomic E-state index is 0.123. The Morgan fingerprint density at radius 1 is 1.38 bits per heavy atom. The molecule has 0 aromatic carbocycles. The monoisotopic (exact) mass is 308 g/mol. The Hall–Kier alpha value is -0.910. The van der Waals surface area contributed by atoms with E-state index in [0.29, 0.717) is 12.5 Å². The molecule has 2 fully saturated rings. The summed E-state index contributed by atoms with van der Waals surface area (Å²) in [4.78, 5) is 17.2. The summed E-state index contributed by atoms with van der Waals surface area (Å²) in [6.45, 7) is 5.29. The van der Waals surface area contributed by atoms with Gasteiger partial charge in [0.25, 0.3) is 0 Å². The van der Waals surface area contributed by atoms with Crippen molar-refractivity contribution in [3.05, 3.63) is 22.4 Å². The molecular formula is C16H24N2O2S. The van der Waals surface area contributed by atoms with Crippen molar-refractivity contribution in [1.29, 1.82) is 0 Å². The van der Waals surface area contributed by atoms with Crippen LogP contribution in [0.5, 0.6) is 0 Å². The summed E-state index contributed by atoms with van der Waals surface area (Å²) in [5, 5.41) is 4.34. The molecule has 5 heteroatoms. The molecule has 1 atom stereocenters. The smallest absolute Gasteiger partial charge is 0.230 e. The first-order valence-corrected chi connectivity index (χ1v) is 8.69. The van der Waals surface area contributed by atoms with Crippen molar-refractivity contribution in [2.24, 2.45) is 5.41 Å². The number of ether oxygens (including phenoxy) is 1. The Morgan fingerprint density at radius 3 is 3.05 bits per heavy atom. The number of carbonyl (C=O) groups is 1. The third-order valence-corrected chi connectivity index (χ3v) is 5.54. The molecule has 0 radical (unpaired) electrons. The maximum absolute atomic E-state index is 12.8. The van der Waals surface area contributed by atoms with Crippen LogP contribution in [0.1, 0.15) is 24.8 Å². The molecule has 2 aliphatic heterocycles. The van der Waals surface area contributed by atoms with Gasteiger partial charge in [-0.1, -0.05) is 0 Å². The molecule has 1 aromatic rings. The van der Waals surface area contributed by atoms with Crippen molar-refractivity contribution >= 4 is 17.2 Å². The van der Waals surface area contributed by atoms with E-state index in [4.69, 9.17) is 4.74 Å². The number of amides is 1. The molecule has 116 valence electrons. The first-order valence-electron chi connectivity index (χ1n) is 7.75. The van der Waals surface area contributed by atoms with Gasteiger partial charge < -0.3 is 9.64 Å². The predicted octanol–water partition coefficient (Wildman–Crippen LogP) is 2.21. The Labute approximate surface area is 130 Å². The van der Waals surface area contributed by atoms with Gasteiger partial charge in [-0.3, -0.25) is 9.69 Å². The third-order valence-electron chi connectivity index (χ3n) is 4.81. The summed E-state index contributed by atoms with van der Waals surface area (Å²) < 4.78 is 5.12. The van der Waals surface area contributed by atoms with E-state index in [1.165, 1.54) is 5.56 Å². The third kappa shape index (κ3) is 3.15. The predicted molar refractivity (Wildman–Crippen MR) is 84.3 cm³/mol. The number of nitrogens with zero attached hydrogens (tertiary/aromatic N) is 2. The lowest BCUT2D eigenvalue weighted by molar-refractivity contribution is -0.139. The zero-order valence-corrected chi connectivity index (χ0v) is 13.5. The van der Waals surface area contributed by atoms with Crippen LogP contribution >= 0.6 is 11.3 Å². The Bertz CT molecular complexity index is 477. The number of hydrogen-bond acceptors (Lipinski definition) is 4. The van der Waals surface area contributed by atoms with Crippen LogP contribution < -0.4 is 0 Å². The van der Waals surface area contributed by atoms with Crippen molar-refractivity contribution in [1.82, 2.24) is 9.80 Å². The summed E-state index contributed by atoms with van der Waals surface area (Å²) in [6, 6.07) is 2.19. The van der Waals surface area contributed by atoms with Crippen LogP contribution in [0.2, 0.25) is 0 Å². The van der Waals surface area contributed by atoms with Crippen LogP contribution in [0.15, 0.2) is 16.8 Å². The Morgan fingerprint density at radius 2 is 2.29 bits per heavy atom. The van der Waals surface area contributed by atoms with Crippen molar-refractivity contribution < 1.29 is 9.53 Å². The lowest BCUT2D eigenvalue weighted by Gasteiger charge is -2.39. The fourth-order valence-electron chi connectivity index (χ4n) is 3.69. The zero-order valence-electron chi connectivity index (χ0n) is 12.7. The summed E-state index contributed by atoms with van der Waals surface area (Å²) in [6.07, 6.45) is 3.19. The minimum atomic E-state index is -0.123. The van der Waals surface area contributed by atoms with E-state index in [1.54, 1.807) is 18.4 Å². The van der Waals surface area contributed by atoms with Gasteiger partial charge in [0.15, 0.2) is 0 Å². The molecule has 2 saturated heterocycles. The van der Waals surface area contributed by atoms with Gasteiger partial charge in [0.2, 0.25) is 5.91 Å². The van der Waals surface area contributed by atoms with Gasteiger partial charge in [-0.05, 0) is 48.2 Å². The van der Waals surface area contributed by atoms with Gasteiger partial charge >= 0.3 is 0 Å². The van der Waals surface area contributed by atoms with E-state index >= 15 is 0 Å². The number of carbonyl (C=O) groups excluding carboxylic acids is 1. The van der Waals surface area contributed by atoms with Gasteiger partial charge in [0.05, 0.1) is 12.0 Å². The van der Waals surface area contributed by atoms with E-state index in [1.807, 2.05) is 4.90 Å². The molecular weight excluding hydrogens is 284 g/mol. The van der Waals surface area contributed by atoms with Crippen LogP contribution in [0, 0.1) is 5.41 Å². The quantitative estimate of drug-likeness (QED) is 0.836. The highest BCUT2D eigenvalue weighted by Gasteiger charge is 2.48. The summed E-state index contributed by atoms with van der Waals surface area (Å²) in [5.41, 5.74) is 1.25. The van der Waals surface area contributed by atoms with Crippen LogP contribution in [0.25, 0.3) is 0 Å². The zero-order chi connectivity index (χ0) is 14.7. The molecule has 0 unspecified atom stereocenters. The molecule has 3 rings (SSSR count). The standard InChI is InChI=1S/C16H24N2O2S/c1-20-9-8-18-7-5-16(15(18)19)4-2-6-17(13-16)11-14-3-10-21-12-14/h3,10,12H,2,4-9,11,13H2,1H3/t16-/m0/s1. The molecule has 4 nitrogen and oxygen atoms in total. The van der Waals surface area contributed by atoms with Gasteiger partial charge in [0, 0.05) is 33.3 Å². The normalized spacial score (nSPS) is 26.9. The molecule has 0 saturated carbocycles. The highest BCUT2D eigenvalue weighted by molar-refractivity contribution is 7.07. The number of rotatable bonds is 5. The van der Waals surface area contributed by atoms with Crippen molar-refractivity contribution in [3.63, 3.8) is 0 Å². The first-order chi connectivity index (χ1) is 10.2. The molecule has 1 spiro atoms. The van der Waals surface area contributed by atoms with Crippen molar-refractivity contribution in [2.45, 2.75) is 25.8 Å². The lowest BCUT2D eigenvalue weighted by atomic mass is 9.78. The van der Waals surface area contributed by atoms with Gasteiger partial charge in [-0.15, -0.1) is 0 Å². The first kappa shape index (κ1) is 15.0. The number of likely N-dealkylation sites (tertiary alicyclic amines) is 2. The van der Waals surface area contributed by atoms with Crippen molar-refractivity contribution in [2.75, 3.05) is 39.9 Å². The van der Waals surface area contributed by atoms with E-state index in [0.717, 1.165) is 52.0 Å². The van der Waals surface area contributed by atoms with E-state index in [2.05, 4.69) is 21.7 Å². The average molecular weight is 308 g/mol. The minimum Gasteiger partial charge on any atom is -0.383 e. The SMILES string of the molecule is COCCN1CC[C@]2(CCCN(Cc3ccsc3)C2)C1=O. The van der Waals surface area contributed by atoms with Crippen LogP contribution in [0.3, 0.4) is 0 Å². The molecule has 3 heterocycles. The lowest BCUT2D eigenvalue weighted by Crippen LogP contribution is -2.47. The van der Waals surface area contributed by atoms with Crippen LogP contribution in [0.4, 0.5) is 0 Å². The van der Waals surface area contributed by atoms with Gasteiger partial charge in [-0.2, -0.15) is 11.3 Å². The number of hydrogen-bond donors (Lipinski definition) is 0. The van der Waals surface area contributed by atoms with Gasteiger partial charge in [0.1, 0.15) is 0 Å². The van der Waals surface area contributed by atoms with Gasteiger partial charge in [-0.25, -0.2) is 0 Å². The fourth-order valence-corrected chi connectivity index (χ4v) is 4.35. The Balaban J connectivity index is 1.63. The molecule has 1 amide bonds. The Kier molecular flexibility index (Phi) is 4.62. The second-order valence-corrected chi connectivity index (χ2v) is 7.04. The molecule has 0 aliphatic carbocycles. The van der Waals surface area contributed by atoms with Crippen molar-refractivity contribution in [3.8, 4) is 0 Å². The summed E-state index contributed by atoms with van der Waals surface area (Å²) >= 11 is 1.75. The maximum atomic E-state index is 12.8. The number of piperidine rings is 1. The number of methoxy groups -OCH3 is 1. The van der Waals surface area contributed by atoms with Crippen LogP contribution in [-0.4, -0.2) is 55.6 Å². The summed E-state index contributed by atoms with van der Waals surface area (Å²) in [5.74, 6) is 0.356. The second kappa shape index (κ2) is 6.46.